The zero-order valence-corrected chi connectivity index (χ0v) is 11.1. The van der Waals surface area contributed by atoms with Gasteiger partial charge in [-0.25, -0.2) is 0 Å². The monoisotopic (exact) mass is 289 g/mol. The molecule has 1 rings (SSSR count). The van der Waals surface area contributed by atoms with Gasteiger partial charge in [0.2, 0.25) is 0 Å². The number of amides is 1. The molecule has 0 aliphatic rings. The Kier molecular flexibility index (Phi) is 5.95. The van der Waals surface area contributed by atoms with Crippen molar-refractivity contribution in [2.45, 2.75) is 19.3 Å². The number of halogens is 2. The quantitative estimate of drug-likeness (QED) is 0.791. The first-order valence-electron chi connectivity index (χ1n) is 5.45. The molecule has 1 aromatic carbocycles. The fraction of sp³-hybridized carbons (Fsp3) is 0.333. The summed E-state index contributed by atoms with van der Waals surface area (Å²) in [5.74, 6) is -1.12. The van der Waals surface area contributed by atoms with Gasteiger partial charge in [-0.15, -0.1) is 0 Å². The maximum absolute atomic E-state index is 11.7. The van der Waals surface area contributed by atoms with Crippen molar-refractivity contribution in [3.05, 3.63) is 33.8 Å². The number of unbranched alkanes of at least 4 members (excludes halogenated alkanes) is 1. The summed E-state index contributed by atoms with van der Waals surface area (Å²) in [5.41, 5.74) is 0.360. The lowest BCUT2D eigenvalue weighted by atomic mass is 10.2. The second-order valence-electron chi connectivity index (χ2n) is 3.73. The molecule has 4 nitrogen and oxygen atoms in total. The first kappa shape index (κ1) is 14.8. The SMILES string of the molecule is O=C(O)CCCCNC(=O)c1ccc(Cl)cc1Cl. The minimum atomic E-state index is -0.831. The van der Waals surface area contributed by atoms with Crippen LogP contribution in [0.3, 0.4) is 0 Å². The van der Waals surface area contributed by atoms with Crippen molar-refractivity contribution in [2.24, 2.45) is 0 Å². The van der Waals surface area contributed by atoms with Gasteiger partial charge in [0, 0.05) is 18.0 Å². The summed E-state index contributed by atoms with van der Waals surface area (Å²) < 4.78 is 0. The Bertz CT molecular complexity index is 449. The van der Waals surface area contributed by atoms with Gasteiger partial charge in [-0.1, -0.05) is 23.2 Å². The predicted octanol–water partition coefficient (Wildman–Crippen LogP) is 2.98. The lowest BCUT2D eigenvalue weighted by Crippen LogP contribution is -2.24. The Hall–Kier alpha value is -1.26. The third kappa shape index (κ3) is 4.94. The first-order valence-corrected chi connectivity index (χ1v) is 6.21. The van der Waals surface area contributed by atoms with Crippen LogP contribution in [-0.4, -0.2) is 23.5 Å². The van der Waals surface area contributed by atoms with Gasteiger partial charge in [-0.3, -0.25) is 9.59 Å². The van der Waals surface area contributed by atoms with Crippen LogP contribution >= 0.6 is 23.2 Å². The highest BCUT2D eigenvalue weighted by Crippen LogP contribution is 2.20. The Morgan fingerprint density at radius 2 is 1.94 bits per heavy atom. The fourth-order valence-electron chi connectivity index (χ4n) is 1.37. The summed E-state index contributed by atoms with van der Waals surface area (Å²) in [5, 5.41) is 11.9. The predicted molar refractivity (Wildman–Crippen MR) is 70.3 cm³/mol. The van der Waals surface area contributed by atoms with Gasteiger partial charge in [-0.2, -0.15) is 0 Å². The van der Waals surface area contributed by atoms with Crippen LogP contribution in [0.4, 0.5) is 0 Å². The Labute approximate surface area is 115 Å². The van der Waals surface area contributed by atoms with Crippen molar-refractivity contribution in [3.63, 3.8) is 0 Å². The van der Waals surface area contributed by atoms with Crippen LogP contribution in [0, 0.1) is 0 Å². The van der Waals surface area contributed by atoms with Gasteiger partial charge >= 0.3 is 5.97 Å². The lowest BCUT2D eigenvalue weighted by molar-refractivity contribution is -0.137. The highest BCUT2D eigenvalue weighted by Gasteiger charge is 2.09. The maximum atomic E-state index is 11.7. The summed E-state index contributed by atoms with van der Waals surface area (Å²) >= 11 is 11.6. The van der Waals surface area contributed by atoms with Crippen LogP contribution in [0.5, 0.6) is 0 Å². The zero-order valence-electron chi connectivity index (χ0n) is 9.58. The van der Waals surface area contributed by atoms with E-state index in [1.54, 1.807) is 12.1 Å². The molecule has 0 spiro atoms. The minimum absolute atomic E-state index is 0.109. The molecule has 0 heterocycles. The van der Waals surface area contributed by atoms with E-state index in [1.165, 1.54) is 6.07 Å². The highest BCUT2D eigenvalue weighted by atomic mass is 35.5. The second kappa shape index (κ2) is 7.24. The van der Waals surface area contributed by atoms with E-state index in [2.05, 4.69) is 5.32 Å². The summed E-state index contributed by atoms with van der Waals surface area (Å²) in [6.07, 6.45) is 1.25. The normalized spacial score (nSPS) is 10.1. The third-order valence-electron chi connectivity index (χ3n) is 2.28. The molecular weight excluding hydrogens is 277 g/mol. The number of aliphatic carboxylic acids is 1. The number of carbonyl (C=O) groups is 2. The maximum Gasteiger partial charge on any atom is 0.303 e. The molecule has 98 valence electrons. The molecule has 2 N–H and O–H groups in total. The van der Waals surface area contributed by atoms with E-state index in [4.69, 9.17) is 28.3 Å². The van der Waals surface area contributed by atoms with Crippen molar-refractivity contribution >= 4 is 35.1 Å². The van der Waals surface area contributed by atoms with Gasteiger partial charge in [0.25, 0.3) is 5.91 Å². The van der Waals surface area contributed by atoms with Crippen molar-refractivity contribution < 1.29 is 14.7 Å². The van der Waals surface area contributed by atoms with Crippen LogP contribution in [0.1, 0.15) is 29.6 Å². The number of nitrogens with one attached hydrogen (secondary N) is 1. The molecule has 1 amide bonds. The van der Waals surface area contributed by atoms with E-state index in [1.807, 2.05) is 0 Å². The number of rotatable bonds is 6. The van der Waals surface area contributed by atoms with Crippen LogP contribution in [-0.2, 0) is 4.79 Å². The molecule has 0 saturated carbocycles. The van der Waals surface area contributed by atoms with Crippen LogP contribution in [0.2, 0.25) is 10.0 Å². The molecule has 18 heavy (non-hydrogen) atoms. The van der Waals surface area contributed by atoms with Gasteiger partial charge in [0.1, 0.15) is 0 Å². The molecule has 6 heteroatoms. The number of benzene rings is 1. The molecule has 0 atom stereocenters. The third-order valence-corrected chi connectivity index (χ3v) is 2.83. The highest BCUT2D eigenvalue weighted by molar-refractivity contribution is 6.36. The zero-order chi connectivity index (χ0) is 13.5. The molecule has 0 saturated heterocycles. The van der Waals surface area contributed by atoms with Crippen molar-refractivity contribution in [3.8, 4) is 0 Å². The number of carboxylic acid groups (broad SMARTS) is 1. The molecule has 0 aromatic heterocycles. The van der Waals surface area contributed by atoms with Gasteiger partial charge in [0.05, 0.1) is 10.6 Å². The number of carboxylic acids is 1. The van der Waals surface area contributed by atoms with E-state index in [-0.39, 0.29) is 12.3 Å². The van der Waals surface area contributed by atoms with Crippen LogP contribution in [0.15, 0.2) is 18.2 Å². The van der Waals surface area contributed by atoms with E-state index in [0.29, 0.717) is 35.0 Å². The summed E-state index contributed by atoms with van der Waals surface area (Å²) in [6, 6.07) is 4.65. The molecule has 0 aliphatic heterocycles. The minimum Gasteiger partial charge on any atom is -0.481 e. The molecule has 0 fully saturated rings. The van der Waals surface area contributed by atoms with E-state index >= 15 is 0 Å². The molecule has 0 aliphatic carbocycles. The van der Waals surface area contributed by atoms with Crippen molar-refractivity contribution in [1.29, 1.82) is 0 Å². The van der Waals surface area contributed by atoms with E-state index in [0.717, 1.165) is 0 Å². The number of hydrogen-bond acceptors (Lipinski definition) is 2. The van der Waals surface area contributed by atoms with Gasteiger partial charge < -0.3 is 10.4 Å². The average Bonchev–Trinajstić information content (AvgIpc) is 2.27. The first-order chi connectivity index (χ1) is 8.50. The molecular formula is C12H13Cl2NO3. The smallest absolute Gasteiger partial charge is 0.303 e. The summed E-state index contributed by atoms with van der Waals surface area (Å²) in [6.45, 7) is 0.422. The van der Waals surface area contributed by atoms with Crippen LogP contribution < -0.4 is 5.32 Å². The number of hydrogen-bond donors (Lipinski definition) is 2. The van der Waals surface area contributed by atoms with Gasteiger partial charge in [0.15, 0.2) is 0 Å². The topological polar surface area (TPSA) is 66.4 Å². The van der Waals surface area contributed by atoms with Crippen molar-refractivity contribution in [2.75, 3.05) is 6.54 Å². The largest absolute Gasteiger partial charge is 0.481 e. The Morgan fingerprint density at radius 1 is 1.22 bits per heavy atom. The summed E-state index contributed by atoms with van der Waals surface area (Å²) in [4.78, 5) is 22.0. The summed E-state index contributed by atoms with van der Waals surface area (Å²) in [7, 11) is 0. The fourth-order valence-corrected chi connectivity index (χ4v) is 1.87. The van der Waals surface area contributed by atoms with E-state index < -0.39 is 5.97 Å². The molecule has 1 aromatic rings. The van der Waals surface area contributed by atoms with Crippen LogP contribution in [0.25, 0.3) is 0 Å². The second-order valence-corrected chi connectivity index (χ2v) is 4.57. The lowest BCUT2D eigenvalue weighted by Gasteiger charge is -2.06. The molecule has 0 radical (unpaired) electrons. The van der Waals surface area contributed by atoms with Gasteiger partial charge in [-0.05, 0) is 31.0 Å². The standard InChI is InChI=1S/C12H13Cl2NO3/c13-8-4-5-9(10(14)7-8)12(18)15-6-2-1-3-11(16)17/h4-5,7H,1-3,6H2,(H,15,18)(H,16,17). The Morgan fingerprint density at radius 3 is 2.56 bits per heavy atom. The molecule has 0 bridgehead atoms. The van der Waals surface area contributed by atoms with Crippen molar-refractivity contribution in [1.82, 2.24) is 5.32 Å². The number of carbonyl (C=O) groups excluding carboxylic acids is 1. The molecule has 0 unspecified atom stereocenters. The Balaban J connectivity index is 2.39. The average molecular weight is 290 g/mol. The van der Waals surface area contributed by atoms with E-state index in [9.17, 15) is 9.59 Å².